The van der Waals surface area contributed by atoms with E-state index in [0.717, 1.165) is 16.5 Å². The Morgan fingerprint density at radius 1 is 1.31 bits per heavy atom. The molecule has 0 aliphatic rings. The minimum Gasteiger partial charge on any atom is -0.382 e. The highest BCUT2D eigenvalue weighted by Crippen LogP contribution is 2.35. The summed E-state index contributed by atoms with van der Waals surface area (Å²) in [5, 5.41) is 28.8. The molecule has 3 aromatic rings. The second-order valence-electron chi connectivity index (χ2n) is 6.02. The number of rotatable bonds is 10. The van der Waals surface area contributed by atoms with Crippen LogP contribution in [0.15, 0.2) is 76.4 Å². The molecule has 0 spiro atoms. The molecular formula is C20H20N6O2S. The van der Waals surface area contributed by atoms with Gasteiger partial charge in [0.15, 0.2) is 0 Å². The SMILES string of the molecule is C=C(SC(=C)C(O)c1ccn[nH]1)C(/C=N\NC=O)=C/Cc1cccc2[nH]ncc12. The Morgan fingerprint density at radius 3 is 2.93 bits per heavy atom. The van der Waals surface area contributed by atoms with Gasteiger partial charge < -0.3 is 5.11 Å². The number of aromatic nitrogens is 4. The smallest absolute Gasteiger partial charge is 0.227 e. The normalized spacial score (nSPS) is 12.9. The Hall–Kier alpha value is -3.43. The summed E-state index contributed by atoms with van der Waals surface area (Å²) < 4.78 is 0. The van der Waals surface area contributed by atoms with E-state index in [9.17, 15) is 9.90 Å². The third kappa shape index (κ3) is 5.09. The Labute approximate surface area is 171 Å². The van der Waals surface area contributed by atoms with E-state index in [4.69, 9.17) is 0 Å². The highest BCUT2D eigenvalue weighted by atomic mass is 32.2. The van der Waals surface area contributed by atoms with E-state index < -0.39 is 6.10 Å². The number of carbonyl (C=O) groups is 1. The molecule has 29 heavy (non-hydrogen) atoms. The number of aliphatic hydroxyl groups is 1. The van der Waals surface area contributed by atoms with Crippen LogP contribution >= 0.6 is 11.8 Å². The van der Waals surface area contributed by atoms with Crippen molar-refractivity contribution in [2.75, 3.05) is 0 Å². The first-order chi connectivity index (χ1) is 14.1. The van der Waals surface area contributed by atoms with Crippen LogP contribution in [0.1, 0.15) is 17.4 Å². The monoisotopic (exact) mass is 408 g/mol. The molecule has 2 aromatic heterocycles. The van der Waals surface area contributed by atoms with E-state index in [1.54, 1.807) is 18.5 Å². The fraction of sp³-hybridized carbons (Fsp3) is 0.100. The van der Waals surface area contributed by atoms with Crippen LogP contribution in [0.25, 0.3) is 10.9 Å². The topological polar surface area (TPSA) is 119 Å². The van der Waals surface area contributed by atoms with E-state index in [1.165, 1.54) is 18.0 Å². The highest BCUT2D eigenvalue weighted by Gasteiger charge is 2.16. The molecule has 2 heterocycles. The second kappa shape index (κ2) is 9.67. The van der Waals surface area contributed by atoms with E-state index in [0.29, 0.717) is 33.9 Å². The Balaban J connectivity index is 1.77. The fourth-order valence-electron chi connectivity index (χ4n) is 2.67. The van der Waals surface area contributed by atoms with Crippen LogP contribution in [0.4, 0.5) is 0 Å². The maximum Gasteiger partial charge on any atom is 0.227 e. The Bertz CT molecular complexity index is 1070. The van der Waals surface area contributed by atoms with Gasteiger partial charge in [-0.3, -0.25) is 15.0 Å². The van der Waals surface area contributed by atoms with E-state index in [1.807, 2.05) is 24.3 Å². The molecule has 1 unspecified atom stereocenters. The number of thioether (sulfide) groups is 1. The fourth-order valence-corrected chi connectivity index (χ4v) is 3.48. The van der Waals surface area contributed by atoms with Crippen LogP contribution in [0.2, 0.25) is 0 Å². The molecule has 9 heteroatoms. The number of allylic oxidation sites excluding steroid dienone is 2. The van der Waals surface area contributed by atoms with Crippen LogP contribution in [0, 0.1) is 0 Å². The number of carbonyl (C=O) groups excluding carboxylic acids is 1. The quantitative estimate of drug-likeness (QED) is 0.178. The average molecular weight is 408 g/mol. The van der Waals surface area contributed by atoms with Gasteiger partial charge in [0.1, 0.15) is 6.10 Å². The van der Waals surface area contributed by atoms with Gasteiger partial charge in [0.2, 0.25) is 6.41 Å². The second-order valence-corrected chi connectivity index (χ2v) is 7.24. The Morgan fingerprint density at radius 2 is 2.17 bits per heavy atom. The summed E-state index contributed by atoms with van der Waals surface area (Å²) in [6, 6.07) is 7.61. The van der Waals surface area contributed by atoms with Crippen LogP contribution in [-0.4, -0.2) is 38.1 Å². The summed E-state index contributed by atoms with van der Waals surface area (Å²) in [5.41, 5.74) is 5.54. The van der Waals surface area contributed by atoms with Crippen LogP contribution in [0.3, 0.4) is 0 Å². The van der Waals surface area contributed by atoms with Gasteiger partial charge in [-0.1, -0.05) is 43.1 Å². The molecule has 3 rings (SSSR count). The Kier molecular flexibility index (Phi) is 6.77. The first kappa shape index (κ1) is 20.3. The van der Waals surface area contributed by atoms with Crippen molar-refractivity contribution in [3.05, 3.63) is 82.5 Å². The van der Waals surface area contributed by atoms with Crippen LogP contribution in [-0.2, 0) is 11.2 Å². The molecule has 0 saturated heterocycles. The van der Waals surface area contributed by atoms with Crippen molar-refractivity contribution in [3.63, 3.8) is 0 Å². The van der Waals surface area contributed by atoms with E-state index in [2.05, 4.69) is 44.1 Å². The van der Waals surface area contributed by atoms with Crippen molar-refractivity contribution >= 4 is 35.3 Å². The van der Waals surface area contributed by atoms with Gasteiger partial charge in [-0.05, 0) is 24.1 Å². The van der Waals surface area contributed by atoms with Crippen LogP contribution in [0.5, 0.6) is 0 Å². The lowest BCUT2D eigenvalue weighted by molar-refractivity contribution is -0.109. The average Bonchev–Trinajstić information content (AvgIpc) is 3.41. The number of aromatic amines is 2. The largest absolute Gasteiger partial charge is 0.382 e. The molecule has 1 amide bonds. The summed E-state index contributed by atoms with van der Waals surface area (Å²) in [6.45, 7) is 8.00. The highest BCUT2D eigenvalue weighted by molar-refractivity contribution is 8.07. The summed E-state index contributed by atoms with van der Waals surface area (Å²) in [6.07, 6.45) is 6.98. The zero-order valence-electron chi connectivity index (χ0n) is 15.5. The van der Waals surface area contributed by atoms with Gasteiger partial charge in [0.25, 0.3) is 0 Å². The molecule has 1 atom stereocenters. The first-order valence-electron chi connectivity index (χ1n) is 8.66. The number of H-pyrrole nitrogens is 2. The molecule has 0 saturated carbocycles. The molecular weight excluding hydrogens is 388 g/mol. The molecule has 0 aliphatic heterocycles. The zero-order chi connectivity index (χ0) is 20.6. The van der Waals surface area contributed by atoms with Crippen LogP contribution < -0.4 is 5.43 Å². The number of aliphatic hydroxyl groups excluding tert-OH is 1. The predicted octanol–water partition coefficient (Wildman–Crippen LogP) is 2.98. The van der Waals surface area contributed by atoms with Crippen molar-refractivity contribution in [1.82, 2.24) is 25.8 Å². The maximum absolute atomic E-state index is 10.5. The summed E-state index contributed by atoms with van der Waals surface area (Å²) in [7, 11) is 0. The summed E-state index contributed by atoms with van der Waals surface area (Å²) in [5.74, 6) is 0. The molecule has 148 valence electrons. The third-order valence-electron chi connectivity index (χ3n) is 4.15. The standard InChI is InChI=1S/C20H20N6O2S/c1-13(29-14(2)20(28)19-8-9-21-26-19)16(10-22-24-12-27)7-6-15-4-3-5-18-17(15)11-23-25-18/h3-5,7-12,20,28H,1-2,6H2,(H,21,26)(H,23,25)(H,24,27)/b16-7+,22-10-. The minimum atomic E-state index is -0.912. The molecule has 8 nitrogen and oxygen atoms in total. The van der Waals surface area contributed by atoms with Gasteiger partial charge in [0.05, 0.1) is 23.6 Å². The number of benzene rings is 1. The summed E-state index contributed by atoms with van der Waals surface area (Å²) >= 11 is 1.23. The molecule has 0 aliphatic carbocycles. The molecule has 0 radical (unpaired) electrons. The predicted molar refractivity (Wildman–Crippen MR) is 115 cm³/mol. The molecule has 4 N–H and O–H groups in total. The van der Waals surface area contributed by atoms with Gasteiger partial charge in [-0.25, -0.2) is 5.43 Å². The van der Waals surface area contributed by atoms with Gasteiger partial charge in [-0.2, -0.15) is 15.3 Å². The van der Waals surface area contributed by atoms with Gasteiger partial charge >= 0.3 is 0 Å². The minimum absolute atomic E-state index is 0.483. The number of fused-ring (bicyclic) bond motifs is 1. The van der Waals surface area contributed by atoms with Crippen molar-refractivity contribution < 1.29 is 9.90 Å². The lowest BCUT2D eigenvalue weighted by Gasteiger charge is -2.13. The summed E-state index contributed by atoms with van der Waals surface area (Å²) in [4.78, 5) is 11.6. The lowest BCUT2D eigenvalue weighted by Crippen LogP contribution is -2.03. The lowest BCUT2D eigenvalue weighted by atomic mass is 10.1. The molecule has 0 fully saturated rings. The van der Waals surface area contributed by atoms with E-state index in [-0.39, 0.29) is 0 Å². The molecule has 0 bridgehead atoms. The number of nitrogens with zero attached hydrogens (tertiary/aromatic N) is 3. The third-order valence-corrected chi connectivity index (χ3v) is 5.11. The first-order valence-corrected chi connectivity index (χ1v) is 9.48. The maximum atomic E-state index is 10.5. The van der Waals surface area contributed by atoms with Gasteiger partial charge in [0, 0.05) is 27.0 Å². The number of hydrazone groups is 1. The van der Waals surface area contributed by atoms with Crippen molar-refractivity contribution in [2.24, 2.45) is 5.10 Å². The number of amides is 1. The number of nitrogens with one attached hydrogen (secondary N) is 3. The molecule has 1 aromatic carbocycles. The van der Waals surface area contributed by atoms with Crippen molar-refractivity contribution in [1.29, 1.82) is 0 Å². The number of hydrogen-bond donors (Lipinski definition) is 4. The van der Waals surface area contributed by atoms with E-state index >= 15 is 0 Å². The van der Waals surface area contributed by atoms with Crippen molar-refractivity contribution in [3.8, 4) is 0 Å². The number of hydrogen-bond acceptors (Lipinski definition) is 6. The van der Waals surface area contributed by atoms with Crippen molar-refractivity contribution in [2.45, 2.75) is 12.5 Å². The van der Waals surface area contributed by atoms with Gasteiger partial charge in [-0.15, -0.1) is 0 Å². The zero-order valence-corrected chi connectivity index (χ0v) is 16.3.